The number of nitrogens with one attached hydrogen (secondary N) is 1. The summed E-state index contributed by atoms with van der Waals surface area (Å²) in [6.07, 6.45) is 0.0137. The number of furan rings is 1. The van der Waals surface area contributed by atoms with Crippen molar-refractivity contribution in [1.29, 1.82) is 0 Å². The minimum absolute atomic E-state index is 0.0137. The fraction of sp³-hybridized carbons (Fsp3) is 0.429. The van der Waals surface area contributed by atoms with Crippen LogP contribution >= 0.6 is 0 Å². The third-order valence-corrected chi connectivity index (χ3v) is 5.06. The number of carbonyl (C=O) groups excluding carboxylic acids is 2. The molecule has 1 N–H and O–H groups in total. The topological polar surface area (TPSA) is 75.0 Å². The van der Waals surface area contributed by atoms with Crippen LogP contribution < -0.4 is 10.1 Å². The van der Waals surface area contributed by atoms with Crippen LogP contribution in [-0.2, 0) is 22.7 Å². The lowest BCUT2D eigenvalue weighted by Crippen LogP contribution is -2.56. The lowest BCUT2D eigenvalue weighted by molar-refractivity contribution is -0.138. The van der Waals surface area contributed by atoms with E-state index in [9.17, 15) is 14.0 Å². The van der Waals surface area contributed by atoms with Gasteiger partial charge in [-0.25, -0.2) is 4.39 Å². The Kier molecular flexibility index (Phi) is 6.53. The first-order valence-corrected chi connectivity index (χ1v) is 9.51. The maximum Gasteiger partial charge on any atom is 0.237 e. The predicted molar refractivity (Wildman–Crippen MR) is 105 cm³/mol. The van der Waals surface area contributed by atoms with Crippen molar-refractivity contribution in [2.45, 2.75) is 32.5 Å². The van der Waals surface area contributed by atoms with Crippen molar-refractivity contribution in [1.82, 2.24) is 15.1 Å². The molecule has 1 aromatic heterocycles. The number of aryl methyl sites for hydroxylation is 1. The molecule has 0 unspecified atom stereocenters. The summed E-state index contributed by atoms with van der Waals surface area (Å²) in [6, 6.07) is 7.66. The Hall–Kier alpha value is -2.87. The van der Waals surface area contributed by atoms with Crippen LogP contribution in [0, 0.1) is 12.7 Å². The molecule has 0 aliphatic carbocycles. The van der Waals surface area contributed by atoms with E-state index in [1.54, 1.807) is 19.2 Å². The first kappa shape index (κ1) is 20.9. The monoisotopic (exact) mass is 403 g/mol. The predicted octanol–water partition coefficient (Wildman–Crippen LogP) is 2.08. The molecule has 1 saturated heterocycles. The summed E-state index contributed by atoms with van der Waals surface area (Å²) in [5, 5.41) is 2.79. The second-order valence-electron chi connectivity index (χ2n) is 7.20. The second kappa shape index (κ2) is 9.09. The van der Waals surface area contributed by atoms with Crippen molar-refractivity contribution < 1.29 is 23.1 Å². The molecule has 0 bridgehead atoms. The van der Waals surface area contributed by atoms with Gasteiger partial charge < -0.3 is 19.4 Å². The van der Waals surface area contributed by atoms with Crippen LogP contribution in [-0.4, -0.2) is 54.9 Å². The van der Waals surface area contributed by atoms with Gasteiger partial charge in [0.1, 0.15) is 23.1 Å². The third kappa shape index (κ3) is 5.14. The highest BCUT2D eigenvalue weighted by atomic mass is 19.1. The Morgan fingerprint density at radius 3 is 2.83 bits per heavy atom. The second-order valence-corrected chi connectivity index (χ2v) is 7.20. The zero-order valence-corrected chi connectivity index (χ0v) is 16.9. The third-order valence-electron chi connectivity index (χ3n) is 5.06. The number of amides is 2. The molecule has 2 aromatic rings. The van der Waals surface area contributed by atoms with Crippen LogP contribution in [0.1, 0.15) is 23.5 Å². The number of ether oxygens (including phenoxy) is 1. The summed E-state index contributed by atoms with van der Waals surface area (Å²) in [5.41, 5.74) is 0.456. The average molecular weight is 403 g/mol. The fourth-order valence-corrected chi connectivity index (χ4v) is 3.39. The largest absolute Gasteiger partial charge is 0.497 e. The minimum Gasteiger partial charge on any atom is -0.497 e. The molecule has 0 saturated carbocycles. The van der Waals surface area contributed by atoms with Crippen molar-refractivity contribution >= 4 is 11.8 Å². The molecule has 1 aliphatic rings. The average Bonchev–Trinajstić information content (AvgIpc) is 3.10. The summed E-state index contributed by atoms with van der Waals surface area (Å²) < 4.78 is 24.9. The summed E-state index contributed by atoms with van der Waals surface area (Å²) in [7, 11) is 3.15. The molecule has 2 amide bonds. The smallest absolute Gasteiger partial charge is 0.237 e. The van der Waals surface area contributed by atoms with Gasteiger partial charge in [-0.15, -0.1) is 0 Å². The minimum atomic E-state index is -0.654. The van der Waals surface area contributed by atoms with Crippen LogP contribution in [0.5, 0.6) is 5.75 Å². The number of benzene rings is 1. The highest BCUT2D eigenvalue weighted by Gasteiger charge is 2.33. The van der Waals surface area contributed by atoms with E-state index in [4.69, 9.17) is 9.15 Å². The number of methoxy groups -OCH3 is 1. The standard InChI is InChI=1S/C21H26FN3O4/c1-14-4-6-17(29-14)13-24(2)20(26)11-19-21(27)23-8-9-25(19)12-15-5-7-16(28-3)10-18(15)22/h4-7,10,19H,8-9,11-13H2,1-3H3,(H,23,27)/t19-/m0/s1. The Bertz CT molecular complexity index is 883. The molecule has 1 aromatic carbocycles. The normalized spacial score (nSPS) is 17.1. The van der Waals surface area contributed by atoms with Gasteiger partial charge in [0, 0.05) is 38.3 Å². The van der Waals surface area contributed by atoms with Crippen LogP contribution in [0.2, 0.25) is 0 Å². The number of halogens is 1. The van der Waals surface area contributed by atoms with Crippen LogP contribution in [0.25, 0.3) is 0 Å². The Morgan fingerprint density at radius 2 is 2.17 bits per heavy atom. The van der Waals surface area contributed by atoms with E-state index in [0.29, 0.717) is 36.7 Å². The fourth-order valence-electron chi connectivity index (χ4n) is 3.39. The highest BCUT2D eigenvalue weighted by Crippen LogP contribution is 2.21. The van der Waals surface area contributed by atoms with Gasteiger partial charge in [0.15, 0.2) is 0 Å². The van der Waals surface area contributed by atoms with E-state index in [1.165, 1.54) is 18.1 Å². The molecule has 1 atom stereocenters. The number of hydrogen-bond acceptors (Lipinski definition) is 5. The molecular formula is C21H26FN3O4. The molecule has 7 nitrogen and oxygen atoms in total. The van der Waals surface area contributed by atoms with Crippen LogP contribution in [0.3, 0.4) is 0 Å². The molecule has 0 spiro atoms. The summed E-state index contributed by atoms with van der Waals surface area (Å²) in [4.78, 5) is 28.5. The van der Waals surface area contributed by atoms with Crippen molar-refractivity contribution in [3.63, 3.8) is 0 Å². The Balaban J connectivity index is 1.67. The molecule has 0 radical (unpaired) electrons. The quantitative estimate of drug-likeness (QED) is 0.766. The maximum atomic E-state index is 14.4. The summed E-state index contributed by atoms with van der Waals surface area (Å²) in [6.45, 7) is 3.41. The molecular weight excluding hydrogens is 377 g/mol. The lowest BCUT2D eigenvalue weighted by Gasteiger charge is -2.35. The molecule has 156 valence electrons. The van der Waals surface area contributed by atoms with E-state index >= 15 is 0 Å². The van der Waals surface area contributed by atoms with Gasteiger partial charge >= 0.3 is 0 Å². The van der Waals surface area contributed by atoms with E-state index < -0.39 is 11.9 Å². The maximum absolute atomic E-state index is 14.4. The Labute approximate surface area is 169 Å². The van der Waals surface area contributed by atoms with Gasteiger partial charge in [0.25, 0.3) is 0 Å². The van der Waals surface area contributed by atoms with E-state index in [2.05, 4.69) is 5.32 Å². The van der Waals surface area contributed by atoms with Gasteiger partial charge in [0.05, 0.1) is 26.1 Å². The number of nitrogens with zero attached hydrogens (tertiary/aromatic N) is 2. The number of hydrogen-bond donors (Lipinski definition) is 1. The van der Waals surface area contributed by atoms with Gasteiger partial charge in [0.2, 0.25) is 11.8 Å². The van der Waals surface area contributed by atoms with Crippen molar-refractivity contribution in [3.8, 4) is 5.75 Å². The number of carbonyl (C=O) groups is 2. The van der Waals surface area contributed by atoms with Gasteiger partial charge in [-0.1, -0.05) is 6.07 Å². The molecule has 29 heavy (non-hydrogen) atoms. The van der Waals surface area contributed by atoms with Crippen LogP contribution in [0.4, 0.5) is 4.39 Å². The molecule has 3 rings (SSSR count). The van der Waals surface area contributed by atoms with Crippen molar-refractivity contribution in [3.05, 3.63) is 53.2 Å². The van der Waals surface area contributed by atoms with E-state index in [1.807, 2.05) is 24.0 Å². The highest BCUT2D eigenvalue weighted by molar-refractivity contribution is 5.88. The van der Waals surface area contributed by atoms with Gasteiger partial charge in [-0.3, -0.25) is 14.5 Å². The Morgan fingerprint density at radius 1 is 1.38 bits per heavy atom. The van der Waals surface area contributed by atoms with Crippen LogP contribution in [0.15, 0.2) is 34.7 Å². The summed E-state index contributed by atoms with van der Waals surface area (Å²) in [5.74, 6) is 1.10. The first-order valence-electron chi connectivity index (χ1n) is 9.51. The number of rotatable bonds is 7. The van der Waals surface area contributed by atoms with E-state index in [-0.39, 0.29) is 24.8 Å². The first-order chi connectivity index (χ1) is 13.9. The van der Waals surface area contributed by atoms with Crippen molar-refractivity contribution in [2.75, 3.05) is 27.2 Å². The molecule has 1 fully saturated rings. The molecule has 8 heteroatoms. The lowest BCUT2D eigenvalue weighted by atomic mass is 10.1. The van der Waals surface area contributed by atoms with Gasteiger partial charge in [-0.05, 0) is 25.1 Å². The molecule has 2 heterocycles. The summed E-state index contributed by atoms with van der Waals surface area (Å²) >= 11 is 0. The zero-order chi connectivity index (χ0) is 21.0. The van der Waals surface area contributed by atoms with E-state index in [0.717, 1.165) is 5.76 Å². The SMILES string of the molecule is COc1ccc(CN2CCNC(=O)[C@@H]2CC(=O)N(C)Cc2ccc(C)o2)c(F)c1. The van der Waals surface area contributed by atoms with Crippen molar-refractivity contribution in [2.24, 2.45) is 0 Å². The number of piperazine rings is 1. The molecule has 1 aliphatic heterocycles. The van der Waals surface area contributed by atoms with Gasteiger partial charge in [-0.2, -0.15) is 0 Å². The zero-order valence-electron chi connectivity index (χ0n) is 16.9.